The Kier molecular flexibility index (Phi) is 3.39. The molecular formula is C8H13N3OS. The maximum atomic E-state index is 11.3. The molecule has 1 aromatic heterocycles. The highest BCUT2D eigenvalue weighted by atomic mass is 32.1. The smallest absolute Gasteiger partial charge is 0.243 e. The molecule has 0 aromatic carbocycles. The number of rotatable bonds is 3. The van der Waals surface area contributed by atoms with Crippen molar-refractivity contribution in [3.05, 3.63) is 11.1 Å². The van der Waals surface area contributed by atoms with Crippen molar-refractivity contribution in [3.8, 4) is 0 Å². The van der Waals surface area contributed by atoms with Crippen molar-refractivity contribution in [1.29, 1.82) is 0 Å². The van der Waals surface area contributed by atoms with Crippen LogP contribution >= 0.6 is 11.3 Å². The normalized spacial score (nSPS) is 12.5. The van der Waals surface area contributed by atoms with Crippen LogP contribution < -0.4 is 11.1 Å². The zero-order valence-electron chi connectivity index (χ0n) is 7.70. The van der Waals surface area contributed by atoms with Crippen molar-refractivity contribution >= 4 is 22.4 Å². The third-order valence-electron chi connectivity index (χ3n) is 1.63. The first kappa shape index (κ1) is 10.1. The van der Waals surface area contributed by atoms with Gasteiger partial charge in [-0.2, -0.15) is 0 Å². The fraction of sp³-hybridized carbons (Fsp3) is 0.500. The zero-order valence-corrected chi connectivity index (χ0v) is 8.52. The number of amides is 1. The highest BCUT2D eigenvalue weighted by molar-refractivity contribution is 7.13. The summed E-state index contributed by atoms with van der Waals surface area (Å²) in [6, 6.07) is -0.441. The number of thiazole rings is 1. The molecule has 0 saturated heterocycles. The first-order chi connectivity index (χ1) is 6.13. The van der Waals surface area contributed by atoms with Crippen molar-refractivity contribution in [2.45, 2.75) is 26.3 Å². The number of nitrogens with zero attached hydrogens (tertiary/aromatic N) is 1. The second-order valence-electron chi connectivity index (χ2n) is 2.80. The maximum absolute atomic E-state index is 11.3. The van der Waals surface area contributed by atoms with E-state index in [0.717, 1.165) is 5.69 Å². The second kappa shape index (κ2) is 4.34. The Morgan fingerprint density at radius 1 is 1.85 bits per heavy atom. The molecule has 1 unspecified atom stereocenters. The number of hydrogen-bond acceptors (Lipinski definition) is 4. The topological polar surface area (TPSA) is 68.0 Å². The number of nitrogens with one attached hydrogen (secondary N) is 1. The van der Waals surface area contributed by atoms with Gasteiger partial charge in [0.2, 0.25) is 5.91 Å². The number of nitrogens with two attached hydrogens (primary N) is 1. The van der Waals surface area contributed by atoms with E-state index in [2.05, 4.69) is 10.3 Å². The minimum atomic E-state index is -0.441. The van der Waals surface area contributed by atoms with E-state index >= 15 is 0 Å². The van der Waals surface area contributed by atoms with Gasteiger partial charge in [-0.3, -0.25) is 4.79 Å². The van der Waals surface area contributed by atoms with Gasteiger partial charge in [0.15, 0.2) is 5.13 Å². The molecule has 5 heteroatoms. The minimum Gasteiger partial charge on any atom is -0.320 e. The van der Waals surface area contributed by atoms with Gasteiger partial charge >= 0.3 is 0 Å². The number of hydrogen-bond donors (Lipinski definition) is 2. The van der Waals surface area contributed by atoms with Crippen LogP contribution in [0.5, 0.6) is 0 Å². The average Bonchev–Trinajstić information content (AvgIpc) is 2.49. The summed E-state index contributed by atoms with van der Waals surface area (Å²) in [5.41, 5.74) is 6.44. The fourth-order valence-corrected chi connectivity index (χ4v) is 1.49. The van der Waals surface area contributed by atoms with Gasteiger partial charge in [0.1, 0.15) is 0 Å². The van der Waals surface area contributed by atoms with Crippen LogP contribution in [0.2, 0.25) is 0 Å². The molecule has 72 valence electrons. The molecule has 0 fully saturated rings. The summed E-state index contributed by atoms with van der Waals surface area (Å²) < 4.78 is 0. The SMILES string of the molecule is CCC(N)C(=O)Nc1nc(C)cs1. The van der Waals surface area contributed by atoms with Gasteiger partial charge in [-0.25, -0.2) is 4.98 Å². The molecular weight excluding hydrogens is 186 g/mol. The number of carbonyl (C=O) groups excluding carboxylic acids is 1. The molecule has 3 N–H and O–H groups in total. The summed E-state index contributed by atoms with van der Waals surface area (Å²) in [6.45, 7) is 3.75. The lowest BCUT2D eigenvalue weighted by Gasteiger charge is -2.06. The van der Waals surface area contributed by atoms with Crippen LogP contribution in [0.4, 0.5) is 5.13 Å². The van der Waals surface area contributed by atoms with Crippen LogP contribution in [0.25, 0.3) is 0 Å². The number of anilines is 1. The van der Waals surface area contributed by atoms with Crippen molar-refractivity contribution < 1.29 is 4.79 Å². The standard InChI is InChI=1S/C8H13N3OS/c1-3-6(9)7(12)11-8-10-5(2)4-13-8/h4,6H,3,9H2,1-2H3,(H,10,11,12). The molecule has 0 aliphatic rings. The average molecular weight is 199 g/mol. The molecule has 1 aromatic rings. The number of aryl methyl sites for hydroxylation is 1. The van der Waals surface area contributed by atoms with Crippen LogP contribution in [0, 0.1) is 6.92 Å². The number of carbonyl (C=O) groups is 1. The Morgan fingerprint density at radius 2 is 2.54 bits per heavy atom. The monoisotopic (exact) mass is 199 g/mol. The van der Waals surface area contributed by atoms with E-state index in [4.69, 9.17) is 5.73 Å². The summed E-state index contributed by atoms with van der Waals surface area (Å²) >= 11 is 1.41. The lowest BCUT2D eigenvalue weighted by Crippen LogP contribution is -2.34. The van der Waals surface area contributed by atoms with Crippen LogP contribution in [0.3, 0.4) is 0 Å². The first-order valence-electron chi connectivity index (χ1n) is 4.12. The Morgan fingerprint density at radius 3 is 3.00 bits per heavy atom. The van der Waals surface area contributed by atoms with Gasteiger partial charge in [0.05, 0.1) is 11.7 Å². The fourth-order valence-electron chi connectivity index (χ4n) is 0.795. The molecule has 0 aliphatic heterocycles. The molecule has 0 bridgehead atoms. The summed E-state index contributed by atoms with van der Waals surface area (Å²) in [4.78, 5) is 15.4. The largest absolute Gasteiger partial charge is 0.320 e. The second-order valence-corrected chi connectivity index (χ2v) is 3.66. The highest BCUT2D eigenvalue weighted by Crippen LogP contribution is 2.14. The van der Waals surface area contributed by atoms with Gasteiger partial charge < -0.3 is 11.1 Å². The highest BCUT2D eigenvalue weighted by Gasteiger charge is 2.11. The van der Waals surface area contributed by atoms with Crippen molar-refractivity contribution in [1.82, 2.24) is 4.98 Å². The molecule has 0 aliphatic carbocycles. The van der Waals surface area contributed by atoms with E-state index in [1.165, 1.54) is 11.3 Å². The molecule has 1 atom stereocenters. The van der Waals surface area contributed by atoms with Gasteiger partial charge in [-0.1, -0.05) is 6.92 Å². The molecule has 0 saturated carbocycles. The quantitative estimate of drug-likeness (QED) is 0.766. The van der Waals surface area contributed by atoms with E-state index in [0.29, 0.717) is 11.6 Å². The third kappa shape index (κ3) is 2.78. The van der Waals surface area contributed by atoms with E-state index in [9.17, 15) is 4.79 Å². The van der Waals surface area contributed by atoms with Crippen LogP contribution in [0.1, 0.15) is 19.0 Å². The summed E-state index contributed by atoms with van der Waals surface area (Å²) in [5, 5.41) is 5.16. The van der Waals surface area contributed by atoms with Gasteiger partial charge in [0, 0.05) is 5.38 Å². The molecule has 1 amide bonds. The van der Waals surface area contributed by atoms with E-state index < -0.39 is 6.04 Å². The lowest BCUT2D eigenvalue weighted by molar-refractivity contribution is -0.117. The van der Waals surface area contributed by atoms with E-state index in [-0.39, 0.29) is 5.91 Å². The van der Waals surface area contributed by atoms with E-state index in [1.807, 2.05) is 19.2 Å². The predicted octanol–water partition coefficient (Wildman–Crippen LogP) is 1.13. The summed E-state index contributed by atoms with van der Waals surface area (Å²) in [7, 11) is 0. The van der Waals surface area contributed by atoms with E-state index in [1.54, 1.807) is 0 Å². The summed E-state index contributed by atoms with van der Waals surface area (Å²) in [5.74, 6) is -0.170. The Bertz CT molecular complexity index is 297. The van der Waals surface area contributed by atoms with Crippen LogP contribution in [-0.2, 0) is 4.79 Å². The molecule has 0 radical (unpaired) electrons. The van der Waals surface area contributed by atoms with Crippen molar-refractivity contribution in [2.24, 2.45) is 5.73 Å². The Hall–Kier alpha value is -0.940. The van der Waals surface area contributed by atoms with Gasteiger partial charge in [0.25, 0.3) is 0 Å². The van der Waals surface area contributed by atoms with Crippen molar-refractivity contribution in [3.63, 3.8) is 0 Å². The first-order valence-corrected chi connectivity index (χ1v) is 5.00. The Balaban J connectivity index is 2.54. The lowest BCUT2D eigenvalue weighted by atomic mass is 10.2. The summed E-state index contributed by atoms with van der Waals surface area (Å²) in [6.07, 6.45) is 0.635. The van der Waals surface area contributed by atoms with Crippen molar-refractivity contribution in [2.75, 3.05) is 5.32 Å². The van der Waals surface area contributed by atoms with Gasteiger partial charge in [-0.05, 0) is 13.3 Å². The van der Waals surface area contributed by atoms with Crippen LogP contribution in [0.15, 0.2) is 5.38 Å². The molecule has 0 spiro atoms. The molecule has 4 nitrogen and oxygen atoms in total. The van der Waals surface area contributed by atoms with Crippen LogP contribution in [-0.4, -0.2) is 16.9 Å². The Labute approximate surface area is 81.2 Å². The molecule has 1 rings (SSSR count). The molecule has 13 heavy (non-hydrogen) atoms. The molecule has 1 heterocycles. The maximum Gasteiger partial charge on any atom is 0.243 e. The third-order valence-corrected chi connectivity index (χ3v) is 2.50. The predicted molar refractivity (Wildman–Crippen MR) is 53.7 cm³/mol. The minimum absolute atomic E-state index is 0.170. The van der Waals surface area contributed by atoms with Gasteiger partial charge in [-0.15, -0.1) is 11.3 Å². The zero-order chi connectivity index (χ0) is 9.84. The number of aromatic nitrogens is 1.